The minimum atomic E-state index is -4.22. The third kappa shape index (κ3) is 3.85. The maximum absolute atomic E-state index is 11.0. The van der Waals surface area contributed by atoms with Gasteiger partial charge in [-0.05, 0) is 24.0 Å². The molecule has 0 saturated carbocycles. The minimum absolute atomic E-state index is 0.0766. The molecule has 2 aromatic heterocycles. The van der Waals surface area contributed by atoms with Crippen LogP contribution < -0.4 is 10.5 Å². The van der Waals surface area contributed by atoms with Crippen molar-refractivity contribution in [1.29, 1.82) is 0 Å². The number of ether oxygens (including phenoxy) is 1. The van der Waals surface area contributed by atoms with Gasteiger partial charge in [0, 0.05) is 5.56 Å². The van der Waals surface area contributed by atoms with Crippen LogP contribution in [-0.4, -0.2) is 53.5 Å². The lowest BCUT2D eigenvalue weighted by Crippen LogP contribution is -2.34. The zero-order chi connectivity index (χ0) is 22.5. The van der Waals surface area contributed by atoms with Crippen LogP contribution in [0.25, 0.3) is 11.1 Å². The summed E-state index contributed by atoms with van der Waals surface area (Å²) in [7, 11) is -4.22. The van der Waals surface area contributed by atoms with Gasteiger partial charge >= 0.3 is 10.3 Å². The van der Waals surface area contributed by atoms with Gasteiger partial charge in [-0.25, -0.2) is 15.1 Å². The van der Waals surface area contributed by atoms with Crippen LogP contribution in [0.15, 0.2) is 41.3 Å². The molecular formula is C20H22N4O7S. The van der Waals surface area contributed by atoms with Gasteiger partial charge in [0.05, 0.1) is 18.9 Å². The molecule has 3 aromatic rings. The molecule has 1 fully saturated rings. The molecule has 1 aromatic carbocycles. The van der Waals surface area contributed by atoms with Crippen molar-refractivity contribution in [2.24, 2.45) is 5.14 Å². The zero-order valence-corrected chi connectivity index (χ0v) is 17.6. The molecule has 5 rings (SSSR count). The first kappa shape index (κ1) is 21.2. The van der Waals surface area contributed by atoms with Crippen LogP contribution in [0.1, 0.15) is 35.3 Å². The molecule has 170 valence electrons. The Hall–Kier alpha value is -2.61. The van der Waals surface area contributed by atoms with Gasteiger partial charge in [-0.15, -0.1) is 0 Å². The summed E-state index contributed by atoms with van der Waals surface area (Å²) >= 11 is 0. The third-order valence-electron chi connectivity index (χ3n) is 5.89. The largest absolute Gasteiger partial charge is 0.458 e. The molecule has 12 heteroatoms. The minimum Gasteiger partial charge on any atom is -0.458 e. The highest BCUT2D eigenvalue weighted by atomic mass is 32.2. The number of nitrogens with one attached hydrogen (secondary N) is 1. The van der Waals surface area contributed by atoms with Crippen LogP contribution >= 0.6 is 0 Å². The van der Waals surface area contributed by atoms with Crippen molar-refractivity contribution in [2.45, 2.75) is 43.3 Å². The van der Waals surface area contributed by atoms with E-state index in [1.807, 2.05) is 12.1 Å². The molecule has 0 radical (unpaired) electrons. The molecule has 32 heavy (non-hydrogen) atoms. The Morgan fingerprint density at radius 2 is 2.00 bits per heavy atom. The summed E-state index contributed by atoms with van der Waals surface area (Å²) in [4.78, 5) is 8.59. The second kappa shape index (κ2) is 8.06. The summed E-state index contributed by atoms with van der Waals surface area (Å²) < 4.78 is 38.0. The van der Waals surface area contributed by atoms with E-state index < -0.39 is 41.3 Å². The number of rotatable bonds is 6. The Bertz CT molecular complexity index is 1250. The van der Waals surface area contributed by atoms with Gasteiger partial charge in [-0.1, -0.05) is 24.3 Å². The second-order valence-electron chi connectivity index (χ2n) is 7.88. The number of hydrogen-bond donors (Lipinski definition) is 4. The number of aliphatic hydroxyl groups is 2. The summed E-state index contributed by atoms with van der Waals surface area (Å²) in [5, 5.41) is 29.0. The predicted molar refractivity (Wildman–Crippen MR) is 112 cm³/mol. The quantitative estimate of drug-likeness (QED) is 0.409. The third-order valence-corrected chi connectivity index (χ3v) is 6.35. The highest BCUT2D eigenvalue weighted by molar-refractivity contribution is 7.84. The number of aryl methyl sites for hydroxylation is 1. The molecule has 1 saturated heterocycles. The van der Waals surface area contributed by atoms with Crippen molar-refractivity contribution in [3.63, 3.8) is 0 Å². The number of nitrogens with zero attached hydrogens (tertiary/aromatic N) is 2. The van der Waals surface area contributed by atoms with E-state index in [1.165, 1.54) is 23.7 Å². The van der Waals surface area contributed by atoms with E-state index in [0.717, 1.165) is 12.8 Å². The standard InChI is InChI=1S/C20H22N4O7S/c21-32(27,28)30-8-14-16(25)17(26)18(31-14)12-7-29-19-15(12)22-9-23-20(19)24-13-6-5-10-3-1-2-4-11(10)13/h1-4,7,9,13-14,16-18,25-26H,5-6,8H2,(H2,21,27,28)(H,22,23,24). The van der Waals surface area contributed by atoms with E-state index in [-0.39, 0.29) is 6.04 Å². The van der Waals surface area contributed by atoms with Crippen LogP contribution in [0.3, 0.4) is 0 Å². The number of furan rings is 1. The maximum atomic E-state index is 11.0. The number of nitrogens with two attached hydrogens (primary N) is 1. The first-order chi connectivity index (χ1) is 15.3. The Balaban J connectivity index is 1.40. The number of hydrogen-bond acceptors (Lipinski definition) is 10. The Morgan fingerprint density at radius 3 is 2.81 bits per heavy atom. The monoisotopic (exact) mass is 462 g/mol. The van der Waals surface area contributed by atoms with Crippen LogP contribution in [-0.2, 0) is 25.6 Å². The molecule has 11 nitrogen and oxygen atoms in total. The number of fused-ring (bicyclic) bond motifs is 2. The van der Waals surface area contributed by atoms with Crippen LogP contribution in [0, 0.1) is 0 Å². The molecule has 1 aliphatic carbocycles. The predicted octanol–water partition coefficient (Wildman–Crippen LogP) is 0.704. The fraction of sp³-hybridized carbons (Fsp3) is 0.400. The molecule has 5 N–H and O–H groups in total. The van der Waals surface area contributed by atoms with Gasteiger partial charge in [0.25, 0.3) is 0 Å². The summed E-state index contributed by atoms with van der Waals surface area (Å²) in [5.74, 6) is 0.505. The van der Waals surface area contributed by atoms with Crippen molar-refractivity contribution < 1.29 is 32.0 Å². The first-order valence-corrected chi connectivity index (χ1v) is 11.5. The summed E-state index contributed by atoms with van der Waals surface area (Å²) in [6, 6.07) is 8.29. The lowest BCUT2D eigenvalue weighted by molar-refractivity contribution is -0.0155. The van der Waals surface area contributed by atoms with Crippen LogP contribution in [0.5, 0.6) is 0 Å². The van der Waals surface area contributed by atoms with E-state index in [4.69, 9.17) is 14.3 Å². The van der Waals surface area contributed by atoms with E-state index in [0.29, 0.717) is 22.5 Å². The van der Waals surface area contributed by atoms with E-state index in [1.54, 1.807) is 0 Å². The van der Waals surface area contributed by atoms with Crippen molar-refractivity contribution in [3.05, 3.63) is 53.5 Å². The van der Waals surface area contributed by atoms with E-state index in [9.17, 15) is 18.6 Å². The molecular weight excluding hydrogens is 440 g/mol. The molecule has 0 amide bonds. The maximum Gasteiger partial charge on any atom is 0.333 e. The fourth-order valence-electron chi connectivity index (χ4n) is 4.35. The Kier molecular flexibility index (Phi) is 5.35. The SMILES string of the molecule is NS(=O)(=O)OCC1OC(c2coc3c(NC4CCc5ccccc54)ncnc23)C(O)C1O. The smallest absolute Gasteiger partial charge is 0.333 e. The van der Waals surface area contributed by atoms with Crippen molar-refractivity contribution in [2.75, 3.05) is 11.9 Å². The second-order valence-corrected chi connectivity index (χ2v) is 9.10. The number of benzene rings is 1. The fourth-order valence-corrected chi connectivity index (χ4v) is 4.68. The first-order valence-electron chi connectivity index (χ1n) is 10.1. The molecule has 1 aliphatic heterocycles. The van der Waals surface area contributed by atoms with Crippen molar-refractivity contribution >= 4 is 27.2 Å². The number of aliphatic hydroxyl groups excluding tert-OH is 2. The highest BCUT2D eigenvalue weighted by Gasteiger charge is 2.45. The molecule has 5 unspecified atom stereocenters. The molecule has 2 aliphatic rings. The van der Waals surface area contributed by atoms with Crippen LogP contribution in [0.4, 0.5) is 5.82 Å². The Labute approximate surface area is 183 Å². The summed E-state index contributed by atoms with van der Waals surface area (Å²) in [6.45, 7) is -0.535. The van der Waals surface area contributed by atoms with E-state index >= 15 is 0 Å². The van der Waals surface area contributed by atoms with Gasteiger partial charge in [-0.3, -0.25) is 4.18 Å². The van der Waals surface area contributed by atoms with Crippen LogP contribution in [0.2, 0.25) is 0 Å². The lowest BCUT2D eigenvalue weighted by atomic mass is 10.0. The average Bonchev–Trinajstić information content (AvgIpc) is 3.44. The van der Waals surface area contributed by atoms with Gasteiger partial charge in [-0.2, -0.15) is 8.42 Å². The van der Waals surface area contributed by atoms with Gasteiger partial charge in [0.2, 0.25) is 0 Å². The van der Waals surface area contributed by atoms with E-state index in [2.05, 4.69) is 31.6 Å². The lowest BCUT2D eigenvalue weighted by Gasteiger charge is -2.15. The number of aromatic nitrogens is 2. The van der Waals surface area contributed by atoms with Crippen molar-refractivity contribution in [1.82, 2.24) is 9.97 Å². The summed E-state index contributed by atoms with van der Waals surface area (Å²) in [5.41, 5.74) is 3.71. The number of anilines is 1. The van der Waals surface area contributed by atoms with Gasteiger partial charge in [0.1, 0.15) is 36.3 Å². The average molecular weight is 462 g/mol. The van der Waals surface area contributed by atoms with Crippen molar-refractivity contribution in [3.8, 4) is 0 Å². The molecule has 0 bridgehead atoms. The molecule has 0 spiro atoms. The Morgan fingerprint density at radius 1 is 1.19 bits per heavy atom. The normalized spacial score (nSPS) is 27.7. The molecule has 3 heterocycles. The topological polar surface area (TPSA) is 170 Å². The van der Waals surface area contributed by atoms with Gasteiger partial charge in [0.15, 0.2) is 11.4 Å². The van der Waals surface area contributed by atoms with Gasteiger partial charge < -0.3 is 24.7 Å². The molecule has 5 atom stereocenters. The zero-order valence-electron chi connectivity index (χ0n) is 16.8. The summed E-state index contributed by atoms with van der Waals surface area (Å²) in [6.07, 6.45) is -0.198. The highest BCUT2D eigenvalue weighted by Crippen LogP contribution is 2.40.